The van der Waals surface area contributed by atoms with Crippen molar-refractivity contribution in [2.45, 2.75) is 62.4 Å². The molecule has 0 bridgehead atoms. The van der Waals surface area contributed by atoms with Crippen LogP contribution in [0.2, 0.25) is 0 Å². The second kappa shape index (κ2) is 6.99. The minimum absolute atomic E-state index is 0.260. The minimum Gasteiger partial charge on any atom is -0.591 e. The molecule has 1 saturated heterocycles. The van der Waals surface area contributed by atoms with E-state index in [1.54, 1.807) is 12.1 Å². The molecular weight excluding hydrogens is 341 g/mol. The largest absolute Gasteiger partial charge is 0.591 e. The molecule has 1 unspecified atom stereocenters. The third kappa shape index (κ3) is 4.08. The van der Waals surface area contributed by atoms with Crippen LogP contribution in [0, 0.1) is 5.82 Å². The zero-order valence-corrected chi connectivity index (χ0v) is 15.9. The third-order valence-corrected chi connectivity index (χ3v) is 6.40. The van der Waals surface area contributed by atoms with Crippen LogP contribution in [0.15, 0.2) is 28.7 Å². The second-order valence-corrected chi connectivity index (χ2v) is 9.80. The molecular formula is C19H26FNO3S. The van der Waals surface area contributed by atoms with E-state index in [0.29, 0.717) is 13.2 Å². The predicted octanol–water partition coefficient (Wildman–Crippen LogP) is 3.91. The normalized spacial score (nSPS) is 24.0. The van der Waals surface area contributed by atoms with Crippen LogP contribution in [0.5, 0.6) is 0 Å². The van der Waals surface area contributed by atoms with Crippen LogP contribution in [0.4, 0.5) is 4.39 Å². The quantitative estimate of drug-likeness (QED) is 0.601. The van der Waals surface area contributed by atoms with Crippen molar-refractivity contribution in [2.24, 2.45) is 4.40 Å². The fraction of sp³-hybridized carbons (Fsp3) is 0.632. The SMILES string of the molecule is CC(C)(C)[S+]([O-])N=CC1(c2ccc(F)cc2)CCC2(CC1)OCCO2. The van der Waals surface area contributed by atoms with Gasteiger partial charge in [-0.2, -0.15) is 0 Å². The predicted molar refractivity (Wildman–Crippen MR) is 97.6 cm³/mol. The molecule has 1 heterocycles. The topological polar surface area (TPSA) is 53.9 Å². The van der Waals surface area contributed by atoms with Gasteiger partial charge in [0.15, 0.2) is 5.79 Å². The van der Waals surface area contributed by atoms with Crippen molar-refractivity contribution >= 4 is 17.6 Å². The van der Waals surface area contributed by atoms with Crippen LogP contribution in [0.25, 0.3) is 0 Å². The van der Waals surface area contributed by atoms with E-state index >= 15 is 0 Å². The summed E-state index contributed by atoms with van der Waals surface area (Å²) in [6.07, 6.45) is 4.85. The first kappa shape index (κ1) is 18.8. The lowest BCUT2D eigenvalue weighted by Gasteiger charge is -2.41. The lowest BCUT2D eigenvalue weighted by Crippen LogP contribution is -2.43. The van der Waals surface area contributed by atoms with Crippen LogP contribution in [0.1, 0.15) is 52.0 Å². The Balaban J connectivity index is 1.87. The first-order chi connectivity index (χ1) is 11.7. The van der Waals surface area contributed by atoms with Gasteiger partial charge in [0.05, 0.1) is 19.4 Å². The molecule has 3 rings (SSSR count). The molecule has 1 aromatic rings. The Morgan fingerprint density at radius 3 is 2.16 bits per heavy atom. The molecule has 1 aromatic carbocycles. The Kier molecular flexibility index (Phi) is 5.26. The van der Waals surface area contributed by atoms with Crippen molar-refractivity contribution in [3.63, 3.8) is 0 Å². The van der Waals surface area contributed by atoms with Gasteiger partial charge in [-0.25, -0.2) is 4.39 Å². The summed E-state index contributed by atoms with van der Waals surface area (Å²) in [5.41, 5.74) is 0.631. The van der Waals surface area contributed by atoms with E-state index in [4.69, 9.17) is 9.47 Å². The van der Waals surface area contributed by atoms with Crippen molar-refractivity contribution in [2.75, 3.05) is 13.2 Å². The molecule has 0 radical (unpaired) electrons. The van der Waals surface area contributed by atoms with Crippen molar-refractivity contribution in [1.82, 2.24) is 0 Å². The van der Waals surface area contributed by atoms with Crippen LogP contribution in [-0.2, 0) is 26.3 Å². The van der Waals surface area contributed by atoms with Crippen LogP contribution in [-0.4, -0.2) is 34.5 Å². The number of hydrogen-bond acceptors (Lipinski definition) is 4. The summed E-state index contributed by atoms with van der Waals surface area (Å²) in [5.74, 6) is -0.746. The van der Waals surface area contributed by atoms with E-state index in [1.165, 1.54) is 12.1 Å². The van der Waals surface area contributed by atoms with Gasteiger partial charge in [-0.1, -0.05) is 16.5 Å². The van der Waals surface area contributed by atoms with E-state index in [-0.39, 0.29) is 11.2 Å². The van der Waals surface area contributed by atoms with Crippen LogP contribution in [0.3, 0.4) is 0 Å². The van der Waals surface area contributed by atoms with Gasteiger partial charge in [0.1, 0.15) is 21.9 Å². The summed E-state index contributed by atoms with van der Waals surface area (Å²) in [6, 6.07) is 6.54. The Morgan fingerprint density at radius 1 is 1.08 bits per heavy atom. The average Bonchev–Trinajstić information content (AvgIpc) is 3.03. The van der Waals surface area contributed by atoms with Gasteiger partial charge in [0, 0.05) is 18.3 Å². The maximum atomic E-state index is 13.4. The molecule has 0 N–H and O–H groups in total. The fourth-order valence-corrected chi connectivity index (χ4v) is 4.06. The van der Waals surface area contributed by atoms with E-state index in [0.717, 1.165) is 31.2 Å². The first-order valence-corrected chi connectivity index (χ1v) is 9.87. The smallest absolute Gasteiger partial charge is 0.168 e. The summed E-state index contributed by atoms with van der Waals surface area (Å²) >= 11 is -1.32. The Labute approximate surface area is 152 Å². The van der Waals surface area contributed by atoms with Crippen molar-refractivity contribution in [3.05, 3.63) is 35.6 Å². The summed E-state index contributed by atoms with van der Waals surface area (Å²) in [7, 11) is 0. The molecule has 1 atom stereocenters. The highest BCUT2D eigenvalue weighted by molar-refractivity contribution is 7.91. The molecule has 2 fully saturated rings. The fourth-order valence-electron chi connectivity index (χ4n) is 3.44. The number of nitrogens with zero attached hydrogens (tertiary/aromatic N) is 1. The highest BCUT2D eigenvalue weighted by Gasteiger charge is 2.47. The van der Waals surface area contributed by atoms with E-state index in [9.17, 15) is 8.94 Å². The molecule has 25 heavy (non-hydrogen) atoms. The highest BCUT2D eigenvalue weighted by atomic mass is 32.2. The molecule has 0 aromatic heterocycles. The number of ether oxygens (including phenoxy) is 2. The van der Waals surface area contributed by atoms with E-state index in [2.05, 4.69) is 4.40 Å². The molecule has 138 valence electrons. The van der Waals surface area contributed by atoms with Crippen LogP contribution < -0.4 is 0 Å². The van der Waals surface area contributed by atoms with Gasteiger partial charge in [0.2, 0.25) is 0 Å². The zero-order valence-electron chi connectivity index (χ0n) is 15.1. The zero-order chi connectivity index (χ0) is 18.1. The molecule has 0 amide bonds. The number of halogens is 1. The van der Waals surface area contributed by atoms with Gasteiger partial charge in [-0.15, -0.1) is 0 Å². The molecule has 1 spiro atoms. The summed E-state index contributed by atoms with van der Waals surface area (Å²) in [5, 5.41) is 0. The Bertz CT molecular complexity index is 611. The summed E-state index contributed by atoms with van der Waals surface area (Å²) < 4.78 is 41.4. The maximum absolute atomic E-state index is 13.4. The maximum Gasteiger partial charge on any atom is 0.168 e. The molecule has 4 nitrogen and oxygen atoms in total. The standard InChI is InChI=1S/C19H26FNO3S/c1-17(2,3)25(22)21-14-18(15-4-6-16(20)7-5-15)8-10-19(11-9-18)23-12-13-24-19/h4-7,14H,8-13H2,1-3H3. The monoisotopic (exact) mass is 367 g/mol. The summed E-state index contributed by atoms with van der Waals surface area (Å²) in [6.45, 7) is 6.97. The van der Waals surface area contributed by atoms with Gasteiger partial charge in [-0.3, -0.25) is 0 Å². The first-order valence-electron chi connectivity index (χ1n) is 8.76. The van der Waals surface area contributed by atoms with E-state index in [1.807, 2.05) is 27.0 Å². The Hall–Kier alpha value is -0.950. The van der Waals surface area contributed by atoms with Gasteiger partial charge in [0.25, 0.3) is 0 Å². The number of rotatable bonds is 3. The molecule has 1 saturated carbocycles. The van der Waals surface area contributed by atoms with Crippen LogP contribution >= 0.6 is 0 Å². The van der Waals surface area contributed by atoms with E-state index < -0.39 is 21.9 Å². The van der Waals surface area contributed by atoms with Gasteiger partial charge >= 0.3 is 0 Å². The molecule has 6 heteroatoms. The third-order valence-electron chi connectivity index (χ3n) is 5.06. The van der Waals surface area contributed by atoms with Gasteiger partial charge < -0.3 is 14.0 Å². The second-order valence-electron chi connectivity index (χ2n) is 7.87. The van der Waals surface area contributed by atoms with Crippen molar-refractivity contribution in [3.8, 4) is 0 Å². The van der Waals surface area contributed by atoms with Crippen molar-refractivity contribution in [1.29, 1.82) is 0 Å². The molecule has 1 aliphatic carbocycles. The van der Waals surface area contributed by atoms with Crippen molar-refractivity contribution < 1.29 is 18.4 Å². The van der Waals surface area contributed by atoms with Gasteiger partial charge in [-0.05, 0) is 51.3 Å². The lowest BCUT2D eigenvalue weighted by atomic mass is 9.68. The minimum atomic E-state index is -1.32. The molecule has 1 aliphatic heterocycles. The number of benzene rings is 1. The number of hydrogen-bond donors (Lipinski definition) is 0. The summed E-state index contributed by atoms with van der Waals surface area (Å²) in [4.78, 5) is 0. The lowest BCUT2D eigenvalue weighted by molar-refractivity contribution is -0.181. The Morgan fingerprint density at radius 2 is 1.64 bits per heavy atom. The highest BCUT2D eigenvalue weighted by Crippen LogP contribution is 2.45. The molecule has 2 aliphatic rings. The average molecular weight is 367 g/mol.